The van der Waals surface area contributed by atoms with Crippen molar-refractivity contribution in [1.82, 2.24) is 5.32 Å². The van der Waals surface area contributed by atoms with Crippen LogP contribution in [0.3, 0.4) is 0 Å². The van der Waals surface area contributed by atoms with Gasteiger partial charge in [-0.15, -0.1) is 0 Å². The van der Waals surface area contributed by atoms with Crippen LogP contribution in [0, 0.1) is 23.3 Å². The Balaban J connectivity index is 2.41. The van der Waals surface area contributed by atoms with Gasteiger partial charge in [0.25, 0.3) is 0 Å². The van der Waals surface area contributed by atoms with Crippen LogP contribution in [0.4, 0.5) is 17.6 Å². The molecule has 0 aliphatic rings. The van der Waals surface area contributed by atoms with Gasteiger partial charge in [0.2, 0.25) is 0 Å². The van der Waals surface area contributed by atoms with Gasteiger partial charge in [0.1, 0.15) is 23.3 Å². The highest BCUT2D eigenvalue weighted by molar-refractivity contribution is 5.28. The molecule has 0 aliphatic heterocycles. The molecule has 21 heavy (non-hydrogen) atoms. The molecule has 0 aliphatic carbocycles. The van der Waals surface area contributed by atoms with Crippen LogP contribution >= 0.6 is 0 Å². The van der Waals surface area contributed by atoms with E-state index in [1.165, 1.54) is 12.1 Å². The lowest BCUT2D eigenvalue weighted by molar-refractivity contribution is 0.455. The first-order valence-corrected chi connectivity index (χ1v) is 6.64. The van der Waals surface area contributed by atoms with E-state index in [1.807, 2.05) is 0 Å². The van der Waals surface area contributed by atoms with Crippen LogP contribution in [0.2, 0.25) is 0 Å². The third kappa shape index (κ3) is 3.42. The monoisotopic (exact) mass is 297 g/mol. The standard InChI is InChI=1S/C16H15F4N/c1-2-21-15(16-13(19)7-4-8-14(16)20)9-10-11(17)5-3-6-12(10)18/h3-8,15,21H,2,9H2,1H3. The number of likely N-dealkylation sites (N-methyl/N-ethyl adjacent to an activating group) is 1. The molecule has 0 amide bonds. The first-order valence-electron chi connectivity index (χ1n) is 6.64. The maximum absolute atomic E-state index is 13.9. The Bertz CT molecular complexity index is 587. The van der Waals surface area contributed by atoms with Crippen LogP contribution in [-0.2, 0) is 6.42 Å². The molecular formula is C16H15F4N. The van der Waals surface area contributed by atoms with E-state index in [1.54, 1.807) is 6.92 Å². The zero-order valence-electron chi connectivity index (χ0n) is 11.5. The van der Waals surface area contributed by atoms with Crippen LogP contribution in [0.15, 0.2) is 36.4 Å². The van der Waals surface area contributed by atoms with Crippen LogP contribution in [0.1, 0.15) is 24.1 Å². The van der Waals surface area contributed by atoms with Crippen LogP contribution in [0.5, 0.6) is 0 Å². The van der Waals surface area contributed by atoms with E-state index in [0.29, 0.717) is 6.54 Å². The molecule has 1 N–H and O–H groups in total. The highest BCUT2D eigenvalue weighted by Gasteiger charge is 2.22. The van der Waals surface area contributed by atoms with E-state index >= 15 is 0 Å². The summed E-state index contributed by atoms with van der Waals surface area (Å²) in [5.74, 6) is -2.93. The molecule has 0 spiro atoms. The Labute approximate surface area is 120 Å². The molecule has 1 unspecified atom stereocenters. The second kappa shape index (κ2) is 6.72. The minimum Gasteiger partial charge on any atom is -0.310 e. The molecule has 0 saturated heterocycles. The summed E-state index contributed by atoms with van der Waals surface area (Å²) in [5, 5.41) is 2.87. The first-order chi connectivity index (χ1) is 10.0. The molecule has 0 bridgehead atoms. The zero-order valence-corrected chi connectivity index (χ0v) is 11.5. The van der Waals surface area contributed by atoms with Gasteiger partial charge in [-0.3, -0.25) is 0 Å². The fourth-order valence-corrected chi connectivity index (χ4v) is 2.30. The summed E-state index contributed by atoms with van der Waals surface area (Å²) in [6.07, 6.45) is -0.176. The van der Waals surface area contributed by atoms with Gasteiger partial charge in [-0.1, -0.05) is 19.1 Å². The van der Waals surface area contributed by atoms with Crippen molar-refractivity contribution in [3.05, 3.63) is 70.8 Å². The van der Waals surface area contributed by atoms with Crippen molar-refractivity contribution in [3.63, 3.8) is 0 Å². The molecule has 112 valence electrons. The Morgan fingerprint density at radius 2 is 1.33 bits per heavy atom. The third-order valence-corrected chi connectivity index (χ3v) is 3.27. The zero-order chi connectivity index (χ0) is 15.4. The second-order valence-electron chi connectivity index (χ2n) is 4.65. The maximum Gasteiger partial charge on any atom is 0.130 e. The van der Waals surface area contributed by atoms with Crippen molar-refractivity contribution in [3.8, 4) is 0 Å². The molecular weight excluding hydrogens is 282 g/mol. The van der Waals surface area contributed by atoms with Gasteiger partial charge < -0.3 is 5.32 Å². The van der Waals surface area contributed by atoms with Crippen LogP contribution in [-0.4, -0.2) is 6.54 Å². The fraction of sp³-hybridized carbons (Fsp3) is 0.250. The molecule has 0 heterocycles. The van der Waals surface area contributed by atoms with E-state index in [4.69, 9.17) is 0 Å². The minimum absolute atomic E-state index is 0.176. The molecule has 2 rings (SSSR count). The average Bonchev–Trinajstić information content (AvgIpc) is 2.42. The lowest BCUT2D eigenvalue weighted by Gasteiger charge is -2.20. The fourth-order valence-electron chi connectivity index (χ4n) is 2.30. The molecule has 0 fully saturated rings. The van der Waals surface area contributed by atoms with Crippen molar-refractivity contribution in [2.45, 2.75) is 19.4 Å². The minimum atomic E-state index is -0.845. The average molecular weight is 297 g/mol. The van der Waals surface area contributed by atoms with E-state index < -0.39 is 29.3 Å². The van der Waals surface area contributed by atoms with E-state index in [-0.39, 0.29) is 17.5 Å². The Kier molecular flexibility index (Phi) is 4.96. The van der Waals surface area contributed by atoms with Gasteiger partial charge in [0.05, 0.1) is 0 Å². The van der Waals surface area contributed by atoms with Crippen molar-refractivity contribution < 1.29 is 17.6 Å². The largest absolute Gasteiger partial charge is 0.310 e. The smallest absolute Gasteiger partial charge is 0.130 e. The molecule has 0 saturated carbocycles. The van der Waals surface area contributed by atoms with Gasteiger partial charge in [-0.05, 0) is 37.2 Å². The summed E-state index contributed by atoms with van der Waals surface area (Å²) < 4.78 is 55.1. The SMILES string of the molecule is CCNC(Cc1c(F)cccc1F)c1c(F)cccc1F. The van der Waals surface area contributed by atoms with Gasteiger partial charge in [0, 0.05) is 17.2 Å². The molecule has 5 heteroatoms. The number of halogens is 4. The number of benzene rings is 2. The van der Waals surface area contributed by atoms with Crippen molar-refractivity contribution in [2.24, 2.45) is 0 Å². The second-order valence-corrected chi connectivity index (χ2v) is 4.65. The lowest BCUT2D eigenvalue weighted by Crippen LogP contribution is -2.25. The van der Waals surface area contributed by atoms with E-state index in [0.717, 1.165) is 24.3 Å². The summed E-state index contributed by atoms with van der Waals surface area (Å²) >= 11 is 0. The molecule has 2 aromatic carbocycles. The predicted molar refractivity (Wildman–Crippen MR) is 72.8 cm³/mol. The van der Waals surface area contributed by atoms with Gasteiger partial charge in [0.15, 0.2) is 0 Å². The first kappa shape index (κ1) is 15.5. The molecule has 2 aromatic rings. The lowest BCUT2D eigenvalue weighted by atomic mass is 9.97. The Hall–Kier alpha value is -1.88. The van der Waals surface area contributed by atoms with Gasteiger partial charge >= 0.3 is 0 Å². The number of nitrogens with one attached hydrogen (secondary N) is 1. The summed E-state index contributed by atoms with van der Waals surface area (Å²) in [4.78, 5) is 0. The summed E-state index contributed by atoms with van der Waals surface area (Å²) in [7, 11) is 0. The molecule has 0 radical (unpaired) electrons. The normalized spacial score (nSPS) is 12.4. The molecule has 0 aromatic heterocycles. The Morgan fingerprint density at radius 3 is 1.81 bits per heavy atom. The summed E-state index contributed by atoms with van der Waals surface area (Å²) in [6, 6.07) is 6.16. The molecule has 1 nitrogen and oxygen atoms in total. The van der Waals surface area contributed by atoms with Crippen molar-refractivity contribution in [2.75, 3.05) is 6.54 Å². The number of hydrogen-bond acceptors (Lipinski definition) is 1. The summed E-state index contributed by atoms with van der Waals surface area (Å²) in [6.45, 7) is 2.16. The summed E-state index contributed by atoms with van der Waals surface area (Å²) in [5.41, 5.74) is -0.395. The molecule has 1 atom stereocenters. The van der Waals surface area contributed by atoms with Gasteiger partial charge in [-0.2, -0.15) is 0 Å². The maximum atomic E-state index is 13.9. The number of hydrogen-bond donors (Lipinski definition) is 1. The van der Waals surface area contributed by atoms with Crippen LogP contribution in [0.25, 0.3) is 0 Å². The van der Waals surface area contributed by atoms with Crippen molar-refractivity contribution >= 4 is 0 Å². The topological polar surface area (TPSA) is 12.0 Å². The highest BCUT2D eigenvalue weighted by Crippen LogP contribution is 2.26. The van der Waals surface area contributed by atoms with Gasteiger partial charge in [-0.25, -0.2) is 17.6 Å². The van der Waals surface area contributed by atoms with E-state index in [9.17, 15) is 17.6 Å². The number of rotatable bonds is 5. The van der Waals surface area contributed by atoms with E-state index in [2.05, 4.69) is 5.32 Å². The third-order valence-electron chi connectivity index (χ3n) is 3.27. The predicted octanol–water partition coefficient (Wildman–Crippen LogP) is 4.14. The Morgan fingerprint density at radius 1 is 0.857 bits per heavy atom. The van der Waals surface area contributed by atoms with Crippen LogP contribution < -0.4 is 5.32 Å². The quantitative estimate of drug-likeness (QED) is 0.818. The van der Waals surface area contributed by atoms with Crippen molar-refractivity contribution in [1.29, 1.82) is 0 Å². The highest BCUT2D eigenvalue weighted by atomic mass is 19.1.